The highest BCUT2D eigenvalue weighted by molar-refractivity contribution is 6.04. The van der Waals surface area contributed by atoms with Crippen molar-refractivity contribution in [2.24, 2.45) is 11.1 Å². The molecule has 2 N–H and O–H groups in total. The first kappa shape index (κ1) is 12.5. The van der Waals surface area contributed by atoms with Crippen molar-refractivity contribution in [1.82, 2.24) is 0 Å². The van der Waals surface area contributed by atoms with Gasteiger partial charge >= 0.3 is 0 Å². The summed E-state index contributed by atoms with van der Waals surface area (Å²) in [4.78, 5) is 13.5. The monoisotopic (exact) mass is 268 g/mol. The highest BCUT2D eigenvalue weighted by Gasteiger charge is 2.43. The number of halogens is 2. The van der Waals surface area contributed by atoms with E-state index in [1.807, 2.05) is 6.92 Å². The Labute approximate surface area is 109 Å². The van der Waals surface area contributed by atoms with E-state index in [-0.39, 0.29) is 16.7 Å². The number of fused-ring (bicyclic) bond motifs is 1. The van der Waals surface area contributed by atoms with E-state index in [0.29, 0.717) is 19.8 Å². The van der Waals surface area contributed by atoms with Crippen molar-refractivity contribution in [1.29, 1.82) is 0 Å². The zero-order valence-corrected chi connectivity index (χ0v) is 10.5. The molecule has 1 unspecified atom stereocenters. The lowest BCUT2D eigenvalue weighted by atomic mass is 9.88. The molecule has 1 atom stereocenters. The molecule has 102 valence electrons. The molecule has 2 aliphatic rings. The Kier molecular flexibility index (Phi) is 2.62. The van der Waals surface area contributed by atoms with Crippen molar-refractivity contribution in [2.45, 2.75) is 13.0 Å². The molecular weight excluding hydrogens is 254 g/mol. The average Bonchev–Trinajstić information content (AvgIpc) is 2.52. The van der Waals surface area contributed by atoms with Crippen LogP contribution in [0.1, 0.15) is 18.5 Å². The second-order valence-electron chi connectivity index (χ2n) is 5.53. The third kappa shape index (κ3) is 1.82. The van der Waals surface area contributed by atoms with E-state index < -0.39 is 23.6 Å². The van der Waals surface area contributed by atoms with Gasteiger partial charge in [-0.1, -0.05) is 6.92 Å². The zero-order valence-electron chi connectivity index (χ0n) is 10.5. The Balaban J connectivity index is 2.01. The Morgan fingerprint density at radius 2 is 2.16 bits per heavy atom. The van der Waals surface area contributed by atoms with E-state index in [1.54, 1.807) is 0 Å². The smallest absolute Gasteiger partial charge is 0.248 e. The molecule has 2 heterocycles. The number of benzene rings is 1. The van der Waals surface area contributed by atoms with Crippen LogP contribution < -0.4 is 10.6 Å². The standard InChI is InChI=1S/C13H14F2N2O2/c1-13(5-19-6-13)4-17-9-3-7(14)2-8(15)10(9)11(16)12(17)18/h2-3,11H,4-6,16H2,1H3. The normalized spacial score (nSPS) is 24.3. The first-order chi connectivity index (χ1) is 8.91. The van der Waals surface area contributed by atoms with Gasteiger partial charge in [-0.2, -0.15) is 0 Å². The number of hydrogen-bond donors (Lipinski definition) is 1. The summed E-state index contributed by atoms with van der Waals surface area (Å²) >= 11 is 0. The minimum Gasteiger partial charge on any atom is -0.380 e. The third-order valence-electron chi connectivity index (χ3n) is 3.65. The van der Waals surface area contributed by atoms with Crippen molar-refractivity contribution in [2.75, 3.05) is 24.7 Å². The van der Waals surface area contributed by atoms with Crippen LogP contribution in [-0.4, -0.2) is 25.7 Å². The molecule has 1 aromatic rings. The molecule has 1 amide bonds. The highest BCUT2D eigenvalue weighted by Crippen LogP contribution is 2.40. The maximum atomic E-state index is 13.8. The zero-order chi connectivity index (χ0) is 13.8. The summed E-state index contributed by atoms with van der Waals surface area (Å²) in [5.74, 6) is -1.88. The number of amides is 1. The maximum absolute atomic E-state index is 13.8. The molecule has 19 heavy (non-hydrogen) atoms. The van der Waals surface area contributed by atoms with Gasteiger partial charge in [0.1, 0.15) is 17.7 Å². The molecule has 0 spiro atoms. The summed E-state index contributed by atoms with van der Waals surface area (Å²) in [6, 6.07) is 0.857. The van der Waals surface area contributed by atoms with Crippen LogP contribution in [0.2, 0.25) is 0 Å². The quantitative estimate of drug-likeness (QED) is 0.880. The maximum Gasteiger partial charge on any atom is 0.248 e. The molecular formula is C13H14F2N2O2. The van der Waals surface area contributed by atoms with Gasteiger partial charge in [0.15, 0.2) is 0 Å². The lowest BCUT2D eigenvalue weighted by Gasteiger charge is -2.40. The minimum atomic E-state index is -1.06. The van der Waals surface area contributed by atoms with Crippen LogP contribution in [0.4, 0.5) is 14.5 Å². The van der Waals surface area contributed by atoms with Crippen molar-refractivity contribution in [3.05, 3.63) is 29.3 Å². The minimum absolute atomic E-state index is 0.0789. The van der Waals surface area contributed by atoms with Gasteiger partial charge < -0.3 is 15.4 Å². The second kappa shape index (κ2) is 3.98. The van der Waals surface area contributed by atoms with E-state index in [9.17, 15) is 13.6 Å². The Hall–Kier alpha value is -1.53. The fourth-order valence-corrected chi connectivity index (χ4v) is 2.60. The molecule has 1 saturated heterocycles. The molecule has 0 saturated carbocycles. The molecule has 0 bridgehead atoms. The van der Waals surface area contributed by atoms with E-state index >= 15 is 0 Å². The average molecular weight is 268 g/mol. The summed E-state index contributed by atoms with van der Waals surface area (Å²) in [6.45, 7) is 3.37. The van der Waals surface area contributed by atoms with Crippen LogP contribution >= 0.6 is 0 Å². The Morgan fingerprint density at radius 1 is 1.47 bits per heavy atom. The van der Waals surface area contributed by atoms with Crippen LogP contribution in [0.15, 0.2) is 12.1 Å². The van der Waals surface area contributed by atoms with E-state index in [4.69, 9.17) is 10.5 Å². The number of nitrogens with zero attached hydrogens (tertiary/aromatic N) is 1. The number of anilines is 1. The fourth-order valence-electron chi connectivity index (χ4n) is 2.60. The van der Waals surface area contributed by atoms with Crippen molar-refractivity contribution in [3.8, 4) is 0 Å². The summed E-state index contributed by atoms with van der Waals surface area (Å²) in [6.07, 6.45) is 0. The SMILES string of the molecule is CC1(CN2C(=O)C(N)c3c(F)cc(F)cc32)COC1. The van der Waals surface area contributed by atoms with Gasteiger partial charge in [-0.05, 0) is 6.07 Å². The van der Waals surface area contributed by atoms with Crippen LogP contribution in [0, 0.1) is 17.0 Å². The van der Waals surface area contributed by atoms with Gasteiger partial charge in [-0.15, -0.1) is 0 Å². The highest BCUT2D eigenvalue weighted by atomic mass is 19.1. The largest absolute Gasteiger partial charge is 0.380 e. The van der Waals surface area contributed by atoms with Crippen molar-refractivity contribution >= 4 is 11.6 Å². The topological polar surface area (TPSA) is 55.6 Å². The second-order valence-corrected chi connectivity index (χ2v) is 5.53. The van der Waals surface area contributed by atoms with Gasteiger partial charge in [-0.25, -0.2) is 8.78 Å². The summed E-state index contributed by atoms with van der Waals surface area (Å²) in [5.41, 5.74) is 5.86. The van der Waals surface area contributed by atoms with Gasteiger partial charge in [0.25, 0.3) is 0 Å². The van der Waals surface area contributed by atoms with E-state index in [2.05, 4.69) is 0 Å². The van der Waals surface area contributed by atoms with Gasteiger partial charge in [0.2, 0.25) is 5.91 Å². The first-order valence-electron chi connectivity index (χ1n) is 6.05. The Bertz CT molecular complexity index is 558. The van der Waals surface area contributed by atoms with E-state index in [1.165, 1.54) is 4.90 Å². The molecule has 0 aromatic heterocycles. The number of carbonyl (C=O) groups is 1. The van der Waals surface area contributed by atoms with Crippen LogP contribution in [0.3, 0.4) is 0 Å². The summed E-state index contributed by atoms with van der Waals surface area (Å²) < 4.78 is 32.2. The summed E-state index contributed by atoms with van der Waals surface area (Å²) in [5, 5.41) is 0. The molecule has 1 fully saturated rings. The van der Waals surface area contributed by atoms with Crippen molar-refractivity contribution < 1.29 is 18.3 Å². The van der Waals surface area contributed by atoms with Crippen LogP contribution in [-0.2, 0) is 9.53 Å². The predicted molar refractivity (Wildman–Crippen MR) is 64.6 cm³/mol. The van der Waals surface area contributed by atoms with E-state index in [0.717, 1.165) is 12.1 Å². The lowest BCUT2D eigenvalue weighted by Crippen LogP contribution is -2.50. The number of ether oxygens (including phenoxy) is 1. The molecule has 4 nitrogen and oxygen atoms in total. The molecule has 3 rings (SSSR count). The predicted octanol–water partition coefficient (Wildman–Crippen LogP) is 1.35. The lowest BCUT2D eigenvalue weighted by molar-refractivity contribution is -0.123. The molecule has 0 aliphatic carbocycles. The fraction of sp³-hybridized carbons (Fsp3) is 0.462. The number of nitrogens with two attached hydrogens (primary N) is 1. The summed E-state index contributed by atoms with van der Waals surface area (Å²) in [7, 11) is 0. The molecule has 1 aromatic carbocycles. The number of rotatable bonds is 2. The van der Waals surface area contributed by atoms with Gasteiger partial charge in [0.05, 0.1) is 18.9 Å². The molecule has 0 radical (unpaired) electrons. The van der Waals surface area contributed by atoms with Crippen LogP contribution in [0.25, 0.3) is 0 Å². The molecule has 2 aliphatic heterocycles. The van der Waals surface area contributed by atoms with Crippen LogP contribution in [0.5, 0.6) is 0 Å². The number of hydrogen-bond acceptors (Lipinski definition) is 3. The third-order valence-corrected chi connectivity index (χ3v) is 3.65. The van der Waals surface area contributed by atoms with Crippen molar-refractivity contribution in [3.63, 3.8) is 0 Å². The Morgan fingerprint density at radius 3 is 2.74 bits per heavy atom. The van der Waals surface area contributed by atoms with Gasteiger partial charge in [-0.3, -0.25) is 4.79 Å². The number of carbonyl (C=O) groups excluding carboxylic acids is 1. The molecule has 6 heteroatoms. The first-order valence-corrected chi connectivity index (χ1v) is 6.05. The van der Waals surface area contributed by atoms with Gasteiger partial charge in [0, 0.05) is 23.6 Å².